The first-order chi connectivity index (χ1) is 5.54. The molecule has 0 aliphatic carbocycles. The smallest absolute Gasteiger partial charge is 0.302 e. The third-order valence-electron chi connectivity index (χ3n) is 2.40. The van der Waals surface area contributed by atoms with Gasteiger partial charge >= 0.3 is 5.97 Å². The summed E-state index contributed by atoms with van der Waals surface area (Å²) in [6.45, 7) is 4.23. The second kappa shape index (κ2) is 3.41. The molecule has 4 heteroatoms. The highest BCUT2D eigenvalue weighted by Crippen LogP contribution is 2.31. The fourth-order valence-electron chi connectivity index (χ4n) is 1.25. The number of hydrogen-bond donors (Lipinski definition) is 0. The first kappa shape index (κ1) is 9.48. The summed E-state index contributed by atoms with van der Waals surface area (Å²) in [6.07, 6.45) is 1.54. The van der Waals surface area contributed by atoms with E-state index in [1.807, 2.05) is 6.92 Å². The van der Waals surface area contributed by atoms with Crippen LogP contribution >= 0.6 is 0 Å². The molecule has 1 atom stereocenters. The van der Waals surface area contributed by atoms with Gasteiger partial charge < -0.3 is 15.0 Å². The van der Waals surface area contributed by atoms with E-state index < -0.39 is 0 Å². The van der Waals surface area contributed by atoms with Crippen LogP contribution < -0.4 is 0 Å². The highest BCUT2D eigenvalue weighted by molar-refractivity contribution is 5.65. The summed E-state index contributed by atoms with van der Waals surface area (Å²) in [5, 5.41) is 12.1. The Balaban J connectivity index is 2.18. The van der Waals surface area contributed by atoms with Crippen LogP contribution in [0.15, 0.2) is 0 Å². The van der Waals surface area contributed by atoms with E-state index in [0.29, 0.717) is 19.6 Å². The van der Waals surface area contributed by atoms with Gasteiger partial charge in [0.2, 0.25) is 0 Å². The summed E-state index contributed by atoms with van der Waals surface area (Å²) in [4.78, 5) is 10.4. The summed E-state index contributed by atoms with van der Waals surface area (Å²) in [5.41, 5.74) is -0.282. The minimum Gasteiger partial charge on any atom is -0.785 e. The number of hydroxylamine groups is 2. The molecule has 1 rings (SSSR count). The molecule has 0 aromatic rings. The van der Waals surface area contributed by atoms with Crippen LogP contribution in [0.2, 0.25) is 0 Å². The second-order valence-electron chi connectivity index (χ2n) is 3.44. The van der Waals surface area contributed by atoms with Crippen molar-refractivity contribution in [2.45, 2.75) is 32.2 Å². The molecule has 0 amide bonds. The molecule has 0 bridgehead atoms. The van der Waals surface area contributed by atoms with Crippen molar-refractivity contribution in [2.24, 2.45) is 0 Å². The Hall–Kier alpha value is -0.610. The van der Waals surface area contributed by atoms with Gasteiger partial charge in [0.1, 0.15) is 0 Å². The Morgan fingerprint density at radius 3 is 2.75 bits per heavy atom. The Kier molecular flexibility index (Phi) is 2.69. The van der Waals surface area contributed by atoms with Gasteiger partial charge in [0.05, 0.1) is 6.61 Å². The molecular weight excluding hydrogens is 158 g/mol. The Bertz CT molecular complexity index is 183. The molecule has 1 fully saturated rings. The van der Waals surface area contributed by atoms with Crippen molar-refractivity contribution in [3.8, 4) is 0 Å². The molecule has 0 aromatic carbocycles. The van der Waals surface area contributed by atoms with E-state index in [9.17, 15) is 10.0 Å². The third-order valence-corrected chi connectivity index (χ3v) is 2.40. The van der Waals surface area contributed by atoms with E-state index in [1.54, 1.807) is 0 Å². The minimum atomic E-state index is -0.282. The zero-order valence-electron chi connectivity index (χ0n) is 7.50. The van der Waals surface area contributed by atoms with Crippen LogP contribution in [0.5, 0.6) is 0 Å². The Morgan fingerprint density at radius 1 is 1.75 bits per heavy atom. The van der Waals surface area contributed by atoms with Gasteiger partial charge in [-0.05, 0) is 26.3 Å². The number of rotatable bonds is 3. The standard InChI is InChI=1S/C8H14NO3/c1-7(10)12-6-4-8(2)3-5-9(8)11/h3-6H2,1-2H3/q-1. The number of hydrogen-bond acceptors (Lipinski definition) is 4. The van der Waals surface area contributed by atoms with Crippen LogP contribution in [-0.2, 0) is 9.53 Å². The van der Waals surface area contributed by atoms with Gasteiger partial charge in [-0.15, -0.1) is 0 Å². The summed E-state index contributed by atoms with van der Waals surface area (Å²) in [5.74, 6) is -0.282. The topological polar surface area (TPSA) is 52.6 Å². The number of esters is 1. The predicted octanol–water partition coefficient (Wildman–Crippen LogP) is 0.902. The van der Waals surface area contributed by atoms with Crippen LogP contribution in [0.25, 0.3) is 0 Å². The molecule has 0 N–H and O–H groups in total. The first-order valence-corrected chi connectivity index (χ1v) is 4.13. The molecule has 1 aliphatic rings. The molecule has 0 aromatic heterocycles. The summed E-state index contributed by atoms with van der Waals surface area (Å²) < 4.78 is 4.76. The lowest BCUT2D eigenvalue weighted by Gasteiger charge is -2.56. The zero-order chi connectivity index (χ0) is 9.19. The maximum absolute atomic E-state index is 11.0. The van der Waals surface area contributed by atoms with Crippen molar-refractivity contribution in [3.05, 3.63) is 5.21 Å². The molecule has 0 saturated carbocycles. The Labute approximate surface area is 72.1 Å². The van der Waals surface area contributed by atoms with Crippen molar-refractivity contribution in [3.63, 3.8) is 0 Å². The highest BCUT2D eigenvalue weighted by atomic mass is 16.5. The maximum atomic E-state index is 11.0. The van der Waals surface area contributed by atoms with Crippen LogP contribution in [-0.4, -0.2) is 29.7 Å². The summed E-state index contributed by atoms with van der Waals surface area (Å²) in [7, 11) is 0. The van der Waals surface area contributed by atoms with Crippen LogP contribution in [0.1, 0.15) is 26.7 Å². The number of carbonyl (C=O) groups excluding carboxylic acids is 1. The lowest BCUT2D eigenvalue weighted by Crippen LogP contribution is -2.54. The molecule has 1 heterocycles. The predicted molar refractivity (Wildman–Crippen MR) is 44.3 cm³/mol. The van der Waals surface area contributed by atoms with Crippen LogP contribution in [0.3, 0.4) is 0 Å². The first-order valence-electron chi connectivity index (χ1n) is 4.13. The monoisotopic (exact) mass is 172 g/mol. The molecule has 4 nitrogen and oxygen atoms in total. The molecule has 0 spiro atoms. The highest BCUT2D eigenvalue weighted by Gasteiger charge is 2.33. The van der Waals surface area contributed by atoms with Crippen LogP contribution in [0.4, 0.5) is 0 Å². The third kappa shape index (κ3) is 1.95. The lowest BCUT2D eigenvalue weighted by molar-refractivity contribution is -0.142. The molecule has 1 saturated heterocycles. The van der Waals surface area contributed by atoms with Gasteiger partial charge in [0.25, 0.3) is 0 Å². The van der Waals surface area contributed by atoms with E-state index in [2.05, 4.69) is 0 Å². The Morgan fingerprint density at radius 2 is 2.42 bits per heavy atom. The normalized spacial score (nSPS) is 29.6. The quantitative estimate of drug-likeness (QED) is 0.593. The van der Waals surface area contributed by atoms with E-state index in [-0.39, 0.29) is 11.5 Å². The SMILES string of the molecule is CC(=O)OCCC1(C)CCN1[O-]. The van der Waals surface area contributed by atoms with Gasteiger partial charge in [-0.2, -0.15) is 0 Å². The van der Waals surface area contributed by atoms with E-state index in [0.717, 1.165) is 11.5 Å². The number of nitrogens with zero attached hydrogens (tertiary/aromatic N) is 1. The van der Waals surface area contributed by atoms with Crippen molar-refractivity contribution in [2.75, 3.05) is 13.2 Å². The van der Waals surface area contributed by atoms with Gasteiger partial charge in [0.15, 0.2) is 0 Å². The average Bonchev–Trinajstić information content (AvgIpc) is 2.01. The van der Waals surface area contributed by atoms with E-state index in [4.69, 9.17) is 4.74 Å². The zero-order valence-corrected chi connectivity index (χ0v) is 7.50. The number of ether oxygens (including phenoxy) is 1. The molecule has 12 heavy (non-hydrogen) atoms. The fraction of sp³-hybridized carbons (Fsp3) is 0.875. The molecule has 70 valence electrons. The van der Waals surface area contributed by atoms with Crippen molar-refractivity contribution >= 4 is 5.97 Å². The van der Waals surface area contributed by atoms with Gasteiger partial charge in [-0.3, -0.25) is 4.79 Å². The van der Waals surface area contributed by atoms with Gasteiger partial charge in [-0.25, -0.2) is 0 Å². The summed E-state index contributed by atoms with van der Waals surface area (Å²) in [6, 6.07) is 0. The molecule has 0 radical (unpaired) electrons. The van der Waals surface area contributed by atoms with Crippen molar-refractivity contribution in [1.29, 1.82) is 0 Å². The fourth-order valence-corrected chi connectivity index (χ4v) is 1.25. The van der Waals surface area contributed by atoms with Crippen molar-refractivity contribution < 1.29 is 9.53 Å². The molecular formula is C8H14NO3-. The summed E-state index contributed by atoms with van der Waals surface area (Å²) >= 11 is 0. The van der Waals surface area contributed by atoms with Gasteiger partial charge in [0, 0.05) is 12.5 Å². The number of carbonyl (C=O) groups is 1. The van der Waals surface area contributed by atoms with Gasteiger partial charge in [-0.1, -0.05) is 0 Å². The second-order valence-corrected chi connectivity index (χ2v) is 3.44. The average molecular weight is 172 g/mol. The molecule has 1 aliphatic heterocycles. The van der Waals surface area contributed by atoms with E-state index >= 15 is 0 Å². The molecule has 1 unspecified atom stereocenters. The van der Waals surface area contributed by atoms with Crippen molar-refractivity contribution in [1.82, 2.24) is 5.06 Å². The van der Waals surface area contributed by atoms with Crippen LogP contribution in [0, 0.1) is 5.21 Å². The van der Waals surface area contributed by atoms with E-state index in [1.165, 1.54) is 6.92 Å². The maximum Gasteiger partial charge on any atom is 0.302 e. The minimum absolute atomic E-state index is 0.282. The largest absolute Gasteiger partial charge is 0.785 e. The lowest BCUT2D eigenvalue weighted by atomic mass is 9.86.